The lowest BCUT2D eigenvalue weighted by Crippen LogP contribution is -2.29. The van der Waals surface area contributed by atoms with Crippen LogP contribution in [0.15, 0.2) is 55.6 Å². The standard InChI is InChI=1S/C12H15NO/c1-3-11(12(14)4-2)13-10-8-6-5-7-9-10/h3-9,11-14H,1-2H2/t11-,12+/m0/s1. The van der Waals surface area contributed by atoms with E-state index in [1.807, 2.05) is 30.3 Å². The number of hydrogen-bond donors (Lipinski definition) is 2. The fraction of sp³-hybridized carbons (Fsp3) is 0.167. The maximum absolute atomic E-state index is 9.53. The molecule has 2 atom stereocenters. The highest BCUT2D eigenvalue weighted by atomic mass is 16.3. The molecule has 74 valence electrons. The largest absolute Gasteiger partial charge is 0.387 e. The van der Waals surface area contributed by atoms with Gasteiger partial charge in [-0.25, -0.2) is 0 Å². The van der Waals surface area contributed by atoms with Gasteiger partial charge in [-0.2, -0.15) is 0 Å². The van der Waals surface area contributed by atoms with E-state index < -0.39 is 6.10 Å². The first kappa shape index (κ1) is 10.5. The van der Waals surface area contributed by atoms with Gasteiger partial charge in [-0.15, -0.1) is 13.2 Å². The number of anilines is 1. The first-order chi connectivity index (χ1) is 6.77. The quantitative estimate of drug-likeness (QED) is 0.696. The van der Waals surface area contributed by atoms with Gasteiger partial charge in [-0.1, -0.05) is 30.4 Å². The van der Waals surface area contributed by atoms with Crippen LogP contribution in [-0.4, -0.2) is 17.3 Å². The lowest BCUT2D eigenvalue weighted by atomic mass is 10.1. The number of para-hydroxylation sites is 1. The molecule has 1 rings (SSSR count). The van der Waals surface area contributed by atoms with Crippen molar-refractivity contribution in [2.24, 2.45) is 0 Å². The molecule has 1 aromatic rings. The normalized spacial score (nSPS) is 14.1. The lowest BCUT2D eigenvalue weighted by Gasteiger charge is -2.19. The predicted molar refractivity (Wildman–Crippen MR) is 60.3 cm³/mol. The van der Waals surface area contributed by atoms with Crippen molar-refractivity contribution in [1.82, 2.24) is 0 Å². The van der Waals surface area contributed by atoms with E-state index in [0.717, 1.165) is 5.69 Å². The molecule has 0 aliphatic heterocycles. The number of rotatable bonds is 5. The molecule has 0 aromatic heterocycles. The fourth-order valence-corrected chi connectivity index (χ4v) is 1.16. The van der Waals surface area contributed by atoms with Gasteiger partial charge < -0.3 is 10.4 Å². The van der Waals surface area contributed by atoms with Crippen molar-refractivity contribution in [1.29, 1.82) is 0 Å². The predicted octanol–water partition coefficient (Wildman–Crippen LogP) is 2.20. The summed E-state index contributed by atoms with van der Waals surface area (Å²) in [6, 6.07) is 9.48. The zero-order valence-electron chi connectivity index (χ0n) is 8.06. The fourth-order valence-electron chi connectivity index (χ4n) is 1.16. The van der Waals surface area contributed by atoms with E-state index in [0.29, 0.717) is 0 Å². The van der Waals surface area contributed by atoms with Gasteiger partial charge in [0.05, 0.1) is 12.1 Å². The summed E-state index contributed by atoms with van der Waals surface area (Å²) in [6.07, 6.45) is 2.54. The summed E-state index contributed by atoms with van der Waals surface area (Å²) in [7, 11) is 0. The molecule has 0 amide bonds. The third-order valence-corrected chi connectivity index (χ3v) is 1.97. The molecule has 14 heavy (non-hydrogen) atoms. The Kier molecular flexibility index (Phi) is 3.95. The highest BCUT2D eigenvalue weighted by molar-refractivity contribution is 5.44. The van der Waals surface area contributed by atoms with Crippen molar-refractivity contribution < 1.29 is 5.11 Å². The van der Waals surface area contributed by atoms with E-state index in [-0.39, 0.29) is 6.04 Å². The molecule has 0 heterocycles. The van der Waals surface area contributed by atoms with Crippen molar-refractivity contribution in [3.05, 3.63) is 55.6 Å². The summed E-state index contributed by atoms with van der Waals surface area (Å²) in [5, 5.41) is 12.7. The van der Waals surface area contributed by atoms with Crippen LogP contribution in [0.3, 0.4) is 0 Å². The zero-order chi connectivity index (χ0) is 10.4. The molecule has 2 heteroatoms. The highest BCUT2D eigenvalue weighted by Crippen LogP contribution is 2.09. The Labute approximate surface area is 84.6 Å². The maximum atomic E-state index is 9.53. The third kappa shape index (κ3) is 2.75. The Bertz CT molecular complexity index is 294. The van der Waals surface area contributed by atoms with E-state index in [9.17, 15) is 5.11 Å². The number of hydrogen-bond acceptors (Lipinski definition) is 2. The van der Waals surface area contributed by atoms with E-state index in [1.165, 1.54) is 6.08 Å². The smallest absolute Gasteiger partial charge is 0.0955 e. The zero-order valence-corrected chi connectivity index (χ0v) is 8.06. The van der Waals surface area contributed by atoms with Gasteiger partial charge in [-0.3, -0.25) is 0 Å². The third-order valence-electron chi connectivity index (χ3n) is 1.97. The van der Waals surface area contributed by atoms with Crippen LogP contribution in [-0.2, 0) is 0 Å². The highest BCUT2D eigenvalue weighted by Gasteiger charge is 2.11. The van der Waals surface area contributed by atoms with Gasteiger partial charge in [0.25, 0.3) is 0 Å². The summed E-state index contributed by atoms with van der Waals surface area (Å²) < 4.78 is 0. The van der Waals surface area contributed by atoms with E-state index in [4.69, 9.17) is 0 Å². The summed E-state index contributed by atoms with van der Waals surface area (Å²) >= 11 is 0. The van der Waals surface area contributed by atoms with Gasteiger partial charge in [0.1, 0.15) is 0 Å². The SMILES string of the molecule is C=C[C@@H](O)[C@H](C=C)Nc1ccccc1. The van der Waals surface area contributed by atoms with Crippen molar-refractivity contribution in [3.8, 4) is 0 Å². The molecule has 2 nitrogen and oxygen atoms in total. The Hall–Kier alpha value is -1.54. The van der Waals surface area contributed by atoms with E-state index in [1.54, 1.807) is 6.08 Å². The minimum Gasteiger partial charge on any atom is -0.387 e. The summed E-state index contributed by atoms with van der Waals surface area (Å²) in [6.45, 7) is 7.19. The Morgan fingerprint density at radius 1 is 1.14 bits per heavy atom. The number of aliphatic hydroxyl groups is 1. The summed E-state index contributed by atoms with van der Waals surface area (Å²) in [5.41, 5.74) is 0.957. The first-order valence-corrected chi connectivity index (χ1v) is 4.52. The van der Waals surface area contributed by atoms with Crippen molar-refractivity contribution in [3.63, 3.8) is 0 Å². The van der Waals surface area contributed by atoms with Crippen LogP contribution in [0, 0.1) is 0 Å². The molecule has 0 saturated heterocycles. The minimum atomic E-state index is -0.618. The number of nitrogens with one attached hydrogen (secondary N) is 1. The maximum Gasteiger partial charge on any atom is 0.0955 e. The van der Waals surface area contributed by atoms with Crippen LogP contribution >= 0.6 is 0 Å². The molecular formula is C12H15NO. The molecular weight excluding hydrogens is 174 g/mol. The monoisotopic (exact) mass is 189 g/mol. The molecule has 0 bridgehead atoms. The van der Waals surface area contributed by atoms with Crippen LogP contribution < -0.4 is 5.32 Å². The molecule has 0 aliphatic rings. The van der Waals surface area contributed by atoms with Gasteiger partial charge in [0.2, 0.25) is 0 Å². The van der Waals surface area contributed by atoms with Crippen LogP contribution in [0.4, 0.5) is 5.69 Å². The lowest BCUT2D eigenvalue weighted by molar-refractivity contribution is 0.215. The molecule has 0 aliphatic carbocycles. The van der Waals surface area contributed by atoms with E-state index >= 15 is 0 Å². The topological polar surface area (TPSA) is 32.3 Å². The van der Waals surface area contributed by atoms with E-state index in [2.05, 4.69) is 18.5 Å². The number of benzene rings is 1. The Morgan fingerprint density at radius 2 is 1.79 bits per heavy atom. The first-order valence-electron chi connectivity index (χ1n) is 4.52. The van der Waals surface area contributed by atoms with Crippen LogP contribution in [0.1, 0.15) is 0 Å². The van der Waals surface area contributed by atoms with Crippen LogP contribution in [0.25, 0.3) is 0 Å². The minimum absolute atomic E-state index is 0.199. The second-order valence-corrected chi connectivity index (χ2v) is 3.00. The summed E-state index contributed by atoms with van der Waals surface area (Å²) in [5.74, 6) is 0. The molecule has 0 fully saturated rings. The van der Waals surface area contributed by atoms with Crippen LogP contribution in [0.2, 0.25) is 0 Å². The molecule has 1 aromatic carbocycles. The van der Waals surface area contributed by atoms with Gasteiger partial charge in [0.15, 0.2) is 0 Å². The molecule has 0 radical (unpaired) electrons. The number of aliphatic hydroxyl groups excluding tert-OH is 1. The van der Waals surface area contributed by atoms with Gasteiger partial charge in [-0.05, 0) is 12.1 Å². The van der Waals surface area contributed by atoms with Crippen molar-refractivity contribution in [2.75, 3.05) is 5.32 Å². The molecule has 0 spiro atoms. The van der Waals surface area contributed by atoms with Crippen LogP contribution in [0.5, 0.6) is 0 Å². The molecule has 0 saturated carbocycles. The summed E-state index contributed by atoms with van der Waals surface area (Å²) in [4.78, 5) is 0. The van der Waals surface area contributed by atoms with Gasteiger partial charge in [0, 0.05) is 5.69 Å². The molecule has 0 unspecified atom stereocenters. The average molecular weight is 189 g/mol. The molecule has 2 N–H and O–H groups in total. The Morgan fingerprint density at radius 3 is 2.29 bits per heavy atom. The Balaban J connectivity index is 2.66. The van der Waals surface area contributed by atoms with Crippen molar-refractivity contribution >= 4 is 5.69 Å². The van der Waals surface area contributed by atoms with Gasteiger partial charge >= 0.3 is 0 Å². The second-order valence-electron chi connectivity index (χ2n) is 3.00. The average Bonchev–Trinajstić information content (AvgIpc) is 2.26. The van der Waals surface area contributed by atoms with Crippen molar-refractivity contribution in [2.45, 2.75) is 12.1 Å². The second kappa shape index (κ2) is 5.25.